The second-order valence-corrected chi connectivity index (χ2v) is 5.02. The van der Waals surface area contributed by atoms with Crippen LogP contribution in [0.25, 0.3) is 0 Å². The van der Waals surface area contributed by atoms with Crippen LogP contribution in [0.1, 0.15) is 41.1 Å². The summed E-state index contributed by atoms with van der Waals surface area (Å²) in [5.41, 5.74) is 6.06. The van der Waals surface area contributed by atoms with Gasteiger partial charge in [-0.25, -0.2) is 0 Å². The van der Waals surface area contributed by atoms with Crippen molar-refractivity contribution in [3.05, 3.63) is 34.4 Å². The van der Waals surface area contributed by atoms with Crippen LogP contribution in [0.3, 0.4) is 0 Å². The van der Waals surface area contributed by atoms with Gasteiger partial charge in [-0.1, -0.05) is 17.7 Å². The smallest absolute Gasteiger partial charge is 0.0345 e. The van der Waals surface area contributed by atoms with Gasteiger partial charge in [-0.15, -0.1) is 0 Å². The van der Waals surface area contributed by atoms with Crippen molar-refractivity contribution in [2.75, 3.05) is 14.1 Å². The fourth-order valence-corrected chi connectivity index (χ4v) is 2.83. The molecule has 1 aliphatic carbocycles. The van der Waals surface area contributed by atoms with Crippen LogP contribution in [0.15, 0.2) is 12.1 Å². The molecule has 0 saturated heterocycles. The lowest BCUT2D eigenvalue weighted by atomic mass is 9.83. The summed E-state index contributed by atoms with van der Waals surface area (Å²) in [4.78, 5) is 2.36. The van der Waals surface area contributed by atoms with Gasteiger partial charge in [-0.05, 0) is 63.9 Å². The summed E-state index contributed by atoms with van der Waals surface area (Å²) in [6, 6.07) is 5.33. The van der Waals surface area contributed by atoms with Gasteiger partial charge in [0, 0.05) is 6.04 Å². The van der Waals surface area contributed by atoms with Gasteiger partial charge in [0.1, 0.15) is 0 Å². The zero-order chi connectivity index (χ0) is 11.0. The molecule has 1 unspecified atom stereocenters. The monoisotopic (exact) mass is 203 g/mol. The predicted octanol–water partition coefficient (Wildman–Crippen LogP) is 3.24. The molecule has 1 aliphatic rings. The Morgan fingerprint density at radius 1 is 1.20 bits per heavy atom. The average Bonchev–Trinajstić information content (AvgIpc) is 2.16. The molecule has 1 heteroatoms. The lowest BCUT2D eigenvalue weighted by molar-refractivity contribution is 0.268. The molecule has 15 heavy (non-hydrogen) atoms. The van der Waals surface area contributed by atoms with Crippen molar-refractivity contribution in [3.63, 3.8) is 0 Å². The maximum Gasteiger partial charge on any atom is 0.0345 e. The van der Waals surface area contributed by atoms with E-state index in [4.69, 9.17) is 0 Å². The quantitative estimate of drug-likeness (QED) is 0.677. The van der Waals surface area contributed by atoms with Crippen LogP contribution in [0.5, 0.6) is 0 Å². The molecule has 0 N–H and O–H groups in total. The number of benzene rings is 1. The van der Waals surface area contributed by atoms with Gasteiger partial charge in [-0.3, -0.25) is 0 Å². The van der Waals surface area contributed by atoms with E-state index in [0.29, 0.717) is 6.04 Å². The fourth-order valence-electron chi connectivity index (χ4n) is 2.83. The summed E-state index contributed by atoms with van der Waals surface area (Å²) < 4.78 is 0. The van der Waals surface area contributed by atoms with E-state index in [9.17, 15) is 0 Å². The standard InChI is InChI=1S/C14H21N/c1-10-8-11(2)12-6-5-7-14(15(3)4)13(12)9-10/h8-9,14H,5-7H2,1-4H3. The molecule has 0 heterocycles. The van der Waals surface area contributed by atoms with Crippen LogP contribution < -0.4 is 0 Å². The molecule has 1 atom stereocenters. The Labute approximate surface area is 93.1 Å². The highest BCUT2D eigenvalue weighted by molar-refractivity contribution is 5.41. The van der Waals surface area contributed by atoms with Crippen LogP contribution in [0, 0.1) is 13.8 Å². The summed E-state index contributed by atoms with van der Waals surface area (Å²) in [6.07, 6.45) is 3.91. The first kappa shape index (κ1) is 10.7. The van der Waals surface area contributed by atoms with Gasteiger partial charge < -0.3 is 4.90 Å². The number of aryl methyl sites for hydroxylation is 2. The Bertz CT molecular complexity index is 366. The molecule has 82 valence electrons. The Balaban J connectivity index is 2.50. The highest BCUT2D eigenvalue weighted by Gasteiger charge is 2.22. The molecule has 1 aromatic rings. The molecule has 0 aliphatic heterocycles. The fraction of sp³-hybridized carbons (Fsp3) is 0.571. The third-order valence-electron chi connectivity index (χ3n) is 3.54. The number of hydrogen-bond donors (Lipinski definition) is 0. The number of hydrogen-bond acceptors (Lipinski definition) is 1. The highest BCUT2D eigenvalue weighted by Crippen LogP contribution is 2.35. The SMILES string of the molecule is Cc1cc(C)c2c(c1)C(N(C)C)CCC2. The molecule has 0 spiro atoms. The Hall–Kier alpha value is -0.820. The molecule has 0 fully saturated rings. The summed E-state index contributed by atoms with van der Waals surface area (Å²) in [5.74, 6) is 0. The van der Waals surface area contributed by atoms with Crippen LogP contribution >= 0.6 is 0 Å². The van der Waals surface area contributed by atoms with Gasteiger partial charge in [-0.2, -0.15) is 0 Å². The van der Waals surface area contributed by atoms with Crippen LogP contribution in [0.4, 0.5) is 0 Å². The summed E-state index contributed by atoms with van der Waals surface area (Å²) >= 11 is 0. The summed E-state index contributed by atoms with van der Waals surface area (Å²) in [5, 5.41) is 0. The molecule has 2 rings (SSSR count). The van der Waals surface area contributed by atoms with Crippen molar-refractivity contribution in [2.24, 2.45) is 0 Å². The second kappa shape index (κ2) is 3.97. The summed E-state index contributed by atoms with van der Waals surface area (Å²) in [6.45, 7) is 4.46. The van der Waals surface area contributed by atoms with E-state index in [0.717, 1.165) is 0 Å². The first-order valence-electron chi connectivity index (χ1n) is 5.86. The van der Waals surface area contributed by atoms with E-state index in [-0.39, 0.29) is 0 Å². The molecule has 1 aromatic carbocycles. The molecule has 1 nitrogen and oxygen atoms in total. The Morgan fingerprint density at radius 3 is 2.60 bits per heavy atom. The highest BCUT2D eigenvalue weighted by atomic mass is 15.1. The van der Waals surface area contributed by atoms with Crippen molar-refractivity contribution in [1.29, 1.82) is 0 Å². The van der Waals surface area contributed by atoms with Gasteiger partial charge in [0.25, 0.3) is 0 Å². The van der Waals surface area contributed by atoms with Crippen molar-refractivity contribution in [2.45, 2.75) is 39.2 Å². The third-order valence-corrected chi connectivity index (χ3v) is 3.54. The Kier molecular flexibility index (Phi) is 2.83. The Morgan fingerprint density at radius 2 is 1.93 bits per heavy atom. The van der Waals surface area contributed by atoms with Crippen molar-refractivity contribution >= 4 is 0 Å². The van der Waals surface area contributed by atoms with E-state index in [1.807, 2.05) is 0 Å². The van der Waals surface area contributed by atoms with E-state index < -0.39 is 0 Å². The molecule has 0 bridgehead atoms. The molecule has 0 amide bonds. The number of fused-ring (bicyclic) bond motifs is 1. The molecule has 0 radical (unpaired) electrons. The predicted molar refractivity (Wildman–Crippen MR) is 65.3 cm³/mol. The molecule has 0 aromatic heterocycles. The lowest BCUT2D eigenvalue weighted by Gasteiger charge is -2.32. The first-order chi connectivity index (χ1) is 7.09. The van der Waals surface area contributed by atoms with Gasteiger partial charge >= 0.3 is 0 Å². The normalized spacial score (nSPS) is 20.5. The lowest BCUT2D eigenvalue weighted by Crippen LogP contribution is -2.24. The number of nitrogens with zero attached hydrogens (tertiary/aromatic N) is 1. The topological polar surface area (TPSA) is 3.24 Å². The molecule has 0 saturated carbocycles. The van der Waals surface area contributed by atoms with E-state index in [2.05, 4.69) is 45.0 Å². The minimum Gasteiger partial charge on any atom is -0.302 e. The minimum atomic E-state index is 0.632. The van der Waals surface area contributed by atoms with Crippen LogP contribution in [-0.2, 0) is 6.42 Å². The number of rotatable bonds is 1. The zero-order valence-corrected chi connectivity index (χ0v) is 10.3. The third kappa shape index (κ3) is 1.93. The van der Waals surface area contributed by atoms with Crippen molar-refractivity contribution < 1.29 is 0 Å². The maximum absolute atomic E-state index is 2.38. The molecular formula is C14H21N. The van der Waals surface area contributed by atoms with Gasteiger partial charge in [0.2, 0.25) is 0 Å². The summed E-state index contributed by atoms with van der Waals surface area (Å²) in [7, 11) is 4.38. The second-order valence-electron chi connectivity index (χ2n) is 5.02. The van der Waals surface area contributed by atoms with E-state index in [1.165, 1.54) is 30.4 Å². The van der Waals surface area contributed by atoms with E-state index >= 15 is 0 Å². The van der Waals surface area contributed by atoms with E-state index in [1.54, 1.807) is 11.1 Å². The first-order valence-corrected chi connectivity index (χ1v) is 5.86. The van der Waals surface area contributed by atoms with Crippen molar-refractivity contribution in [1.82, 2.24) is 4.90 Å². The zero-order valence-electron chi connectivity index (χ0n) is 10.3. The largest absolute Gasteiger partial charge is 0.302 e. The van der Waals surface area contributed by atoms with Gasteiger partial charge in [0.05, 0.1) is 0 Å². The van der Waals surface area contributed by atoms with Gasteiger partial charge in [0.15, 0.2) is 0 Å². The maximum atomic E-state index is 2.38. The van der Waals surface area contributed by atoms with Crippen molar-refractivity contribution in [3.8, 4) is 0 Å². The average molecular weight is 203 g/mol. The minimum absolute atomic E-state index is 0.632. The molecular weight excluding hydrogens is 182 g/mol. The van der Waals surface area contributed by atoms with Crippen LogP contribution in [0.2, 0.25) is 0 Å². The van der Waals surface area contributed by atoms with Crippen LogP contribution in [-0.4, -0.2) is 19.0 Å².